The van der Waals surface area contributed by atoms with Crippen LogP contribution in [0.3, 0.4) is 0 Å². The number of phenolic OH excluding ortho intramolecular Hbond substituents is 1. The third kappa shape index (κ3) is 3.84. The molecule has 0 aliphatic carbocycles. The molecule has 0 bridgehead atoms. The van der Waals surface area contributed by atoms with Crippen molar-refractivity contribution in [2.24, 2.45) is 0 Å². The number of para-hydroxylation sites is 1. The molecular weight excluding hydrogens is 295 g/mol. The summed E-state index contributed by atoms with van der Waals surface area (Å²) in [6, 6.07) is 9.85. The van der Waals surface area contributed by atoms with Crippen LogP contribution < -0.4 is 10.1 Å². The van der Waals surface area contributed by atoms with E-state index in [4.69, 9.17) is 4.74 Å². The molecule has 3 nitrogen and oxygen atoms in total. The minimum atomic E-state index is -4.34. The summed E-state index contributed by atoms with van der Waals surface area (Å²) in [7, 11) is 0. The summed E-state index contributed by atoms with van der Waals surface area (Å²) in [6.07, 6.45) is -4.34. The first-order chi connectivity index (χ1) is 10.4. The summed E-state index contributed by atoms with van der Waals surface area (Å²) in [5.74, 6) is 0.415. The van der Waals surface area contributed by atoms with Crippen LogP contribution >= 0.6 is 0 Å². The summed E-state index contributed by atoms with van der Waals surface area (Å²) in [5, 5.41) is 13.0. The van der Waals surface area contributed by atoms with Crippen molar-refractivity contribution in [3.63, 3.8) is 0 Å². The number of halogens is 3. The van der Waals surface area contributed by atoms with Gasteiger partial charge in [0.25, 0.3) is 0 Å². The average molecular weight is 311 g/mol. The number of anilines is 1. The molecule has 0 unspecified atom stereocenters. The summed E-state index contributed by atoms with van der Waals surface area (Å²) < 4.78 is 42.7. The van der Waals surface area contributed by atoms with E-state index in [-0.39, 0.29) is 12.3 Å². The second kappa shape index (κ2) is 6.60. The van der Waals surface area contributed by atoms with Crippen LogP contribution in [0.4, 0.5) is 18.9 Å². The van der Waals surface area contributed by atoms with E-state index < -0.39 is 11.7 Å². The number of phenols is 1. The van der Waals surface area contributed by atoms with Crippen molar-refractivity contribution in [1.29, 1.82) is 0 Å². The first kappa shape index (κ1) is 16.0. The van der Waals surface area contributed by atoms with Gasteiger partial charge in [-0.05, 0) is 37.3 Å². The van der Waals surface area contributed by atoms with E-state index in [1.54, 1.807) is 18.2 Å². The Morgan fingerprint density at radius 1 is 1.09 bits per heavy atom. The molecule has 0 amide bonds. The van der Waals surface area contributed by atoms with Gasteiger partial charge >= 0.3 is 6.18 Å². The van der Waals surface area contributed by atoms with Crippen molar-refractivity contribution in [2.75, 3.05) is 11.9 Å². The maximum absolute atomic E-state index is 12.5. The highest BCUT2D eigenvalue weighted by Gasteiger charge is 2.29. The molecule has 0 heterocycles. The van der Waals surface area contributed by atoms with E-state index >= 15 is 0 Å². The van der Waals surface area contributed by atoms with Crippen LogP contribution in [-0.4, -0.2) is 11.7 Å². The normalized spacial score (nSPS) is 11.3. The van der Waals surface area contributed by atoms with Crippen molar-refractivity contribution in [2.45, 2.75) is 19.6 Å². The Hall–Kier alpha value is -2.37. The summed E-state index contributed by atoms with van der Waals surface area (Å²) >= 11 is 0. The first-order valence-electron chi connectivity index (χ1n) is 6.76. The lowest BCUT2D eigenvalue weighted by Gasteiger charge is -2.12. The number of hydrogen-bond donors (Lipinski definition) is 2. The van der Waals surface area contributed by atoms with Gasteiger partial charge in [-0.15, -0.1) is 0 Å². The summed E-state index contributed by atoms with van der Waals surface area (Å²) in [6.45, 7) is 2.52. The molecule has 0 aromatic heterocycles. The monoisotopic (exact) mass is 311 g/mol. The molecule has 0 saturated carbocycles. The lowest BCUT2D eigenvalue weighted by atomic mass is 10.1. The van der Waals surface area contributed by atoms with Gasteiger partial charge in [0.15, 0.2) is 11.5 Å². The molecule has 6 heteroatoms. The van der Waals surface area contributed by atoms with E-state index in [1.165, 1.54) is 12.1 Å². The third-order valence-corrected chi connectivity index (χ3v) is 3.08. The van der Waals surface area contributed by atoms with Gasteiger partial charge < -0.3 is 15.2 Å². The Kier molecular flexibility index (Phi) is 4.80. The molecule has 0 aliphatic heterocycles. The molecule has 0 saturated heterocycles. The molecule has 2 aromatic carbocycles. The highest BCUT2D eigenvalue weighted by Crippen LogP contribution is 2.31. The van der Waals surface area contributed by atoms with E-state index in [0.29, 0.717) is 23.6 Å². The zero-order valence-corrected chi connectivity index (χ0v) is 11.9. The Balaban J connectivity index is 2.06. The maximum atomic E-state index is 12.5. The highest BCUT2D eigenvalue weighted by molar-refractivity contribution is 5.50. The summed E-state index contributed by atoms with van der Waals surface area (Å²) in [4.78, 5) is 0. The van der Waals surface area contributed by atoms with E-state index in [9.17, 15) is 18.3 Å². The van der Waals surface area contributed by atoms with E-state index in [0.717, 1.165) is 12.1 Å². The number of benzene rings is 2. The summed E-state index contributed by atoms with van der Waals surface area (Å²) in [5.41, 5.74) is 0.444. The fourth-order valence-electron chi connectivity index (χ4n) is 1.96. The zero-order valence-electron chi connectivity index (χ0n) is 11.9. The fourth-order valence-corrected chi connectivity index (χ4v) is 1.96. The number of aromatic hydroxyl groups is 1. The van der Waals surface area contributed by atoms with E-state index in [2.05, 4.69) is 5.32 Å². The van der Waals surface area contributed by atoms with Crippen molar-refractivity contribution in [3.05, 3.63) is 53.6 Å². The van der Waals surface area contributed by atoms with Crippen molar-refractivity contribution in [1.82, 2.24) is 0 Å². The molecule has 22 heavy (non-hydrogen) atoms. The number of alkyl halides is 3. The van der Waals surface area contributed by atoms with Gasteiger partial charge in [-0.1, -0.05) is 12.1 Å². The third-order valence-electron chi connectivity index (χ3n) is 3.08. The van der Waals surface area contributed by atoms with Crippen LogP contribution in [0.2, 0.25) is 0 Å². The number of hydrogen-bond acceptors (Lipinski definition) is 3. The number of rotatable bonds is 5. The highest BCUT2D eigenvalue weighted by atomic mass is 19.4. The minimum Gasteiger partial charge on any atom is -0.504 e. The molecular formula is C16H16F3NO2. The van der Waals surface area contributed by atoms with Crippen LogP contribution in [-0.2, 0) is 12.7 Å². The van der Waals surface area contributed by atoms with E-state index in [1.807, 2.05) is 6.92 Å². The first-order valence-corrected chi connectivity index (χ1v) is 6.76. The van der Waals surface area contributed by atoms with Crippen LogP contribution in [0.15, 0.2) is 42.5 Å². The second-order valence-electron chi connectivity index (χ2n) is 4.63. The standard InChI is InChI=1S/C16H16F3NO2/c1-2-22-14-5-3-4-11(15(14)21)10-20-13-8-6-12(7-9-13)16(17,18)19/h3-9,20-21H,2,10H2,1H3. The lowest BCUT2D eigenvalue weighted by molar-refractivity contribution is -0.137. The maximum Gasteiger partial charge on any atom is 0.416 e. The lowest BCUT2D eigenvalue weighted by Crippen LogP contribution is -2.05. The SMILES string of the molecule is CCOc1cccc(CNc2ccc(C(F)(F)F)cc2)c1O. The molecule has 0 spiro atoms. The molecule has 2 aromatic rings. The largest absolute Gasteiger partial charge is 0.504 e. The Labute approximate surface area is 126 Å². The van der Waals surface area contributed by atoms with Crippen LogP contribution in [0.25, 0.3) is 0 Å². The van der Waals surface area contributed by atoms with Gasteiger partial charge in [0.1, 0.15) is 0 Å². The van der Waals surface area contributed by atoms with Gasteiger partial charge in [0.05, 0.1) is 12.2 Å². The molecule has 0 aliphatic rings. The Bertz CT molecular complexity index is 624. The van der Waals surface area contributed by atoms with Crippen LogP contribution in [0, 0.1) is 0 Å². The van der Waals surface area contributed by atoms with Gasteiger partial charge in [0.2, 0.25) is 0 Å². The molecule has 0 atom stereocenters. The van der Waals surface area contributed by atoms with Crippen molar-refractivity contribution >= 4 is 5.69 Å². The topological polar surface area (TPSA) is 41.5 Å². The number of ether oxygens (including phenoxy) is 1. The van der Waals surface area contributed by atoms with Gasteiger partial charge in [-0.3, -0.25) is 0 Å². The van der Waals surface area contributed by atoms with Crippen molar-refractivity contribution in [3.8, 4) is 11.5 Å². The molecule has 2 N–H and O–H groups in total. The second-order valence-corrected chi connectivity index (χ2v) is 4.63. The predicted octanol–water partition coefficient (Wildman–Crippen LogP) is 4.42. The predicted molar refractivity (Wildman–Crippen MR) is 78.0 cm³/mol. The molecule has 0 radical (unpaired) electrons. The molecule has 0 fully saturated rings. The van der Waals surface area contributed by atoms with Crippen molar-refractivity contribution < 1.29 is 23.0 Å². The minimum absolute atomic E-state index is 0.0313. The molecule has 118 valence electrons. The van der Waals surface area contributed by atoms with Crippen LogP contribution in [0.1, 0.15) is 18.1 Å². The average Bonchev–Trinajstić information content (AvgIpc) is 2.48. The zero-order chi connectivity index (χ0) is 16.2. The van der Waals surface area contributed by atoms with Crippen LogP contribution in [0.5, 0.6) is 11.5 Å². The fraction of sp³-hybridized carbons (Fsp3) is 0.250. The van der Waals surface area contributed by atoms with Gasteiger partial charge in [-0.2, -0.15) is 13.2 Å². The Morgan fingerprint density at radius 2 is 1.77 bits per heavy atom. The smallest absolute Gasteiger partial charge is 0.416 e. The molecule has 2 rings (SSSR count). The quantitative estimate of drug-likeness (QED) is 0.859. The van der Waals surface area contributed by atoms with Gasteiger partial charge in [0, 0.05) is 17.8 Å². The van der Waals surface area contributed by atoms with Gasteiger partial charge in [-0.25, -0.2) is 0 Å². The number of nitrogens with one attached hydrogen (secondary N) is 1. The Morgan fingerprint density at radius 3 is 2.36 bits per heavy atom.